The number of ketones is 1. The molecule has 3 aromatic rings. The van der Waals surface area contributed by atoms with E-state index >= 15 is 0 Å². The molecule has 47 heavy (non-hydrogen) atoms. The second kappa shape index (κ2) is 15.8. The summed E-state index contributed by atoms with van der Waals surface area (Å²) in [4.78, 5) is 39.1. The number of nitrogens with zero attached hydrogens (tertiary/aromatic N) is 1. The first kappa shape index (κ1) is 37.5. The first-order valence-corrected chi connectivity index (χ1v) is 19.5. The molecule has 254 valence electrons. The third kappa shape index (κ3) is 11.4. The third-order valence-corrected chi connectivity index (χ3v) is 11.8. The number of Topliss-reactive ketones (excluding diaryl/α,β-unsaturated/α-hetero) is 1. The van der Waals surface area contributed by atoms with E-state index in [2.05, 4.69) is 0 Å². The maximum Gasteiger partial charge on any atom is 0.303 e. The van der Waals surface area contributed by atoms with E-state index in [1.54, 1.807) is 38.1 Å². The smallest absolute Gasteiger partial charge is 0.303 e. The molecule has 0 saturated carbocycles. The zero-order valence-electron chi connectivity index (χ0n) is 25.9. The molecule has 0 saturated heterocycles. The number of amides is 1. The van der Waals surface area contributed by atoms with Gasteiger partial charge in [-0.05, 0) is 63.1 Å². The van der Waals surface area contributed by atoms with Crippen molar-refractivity contribution in [3.8, 4) is 0 Å². The normalized spacial score (nSPS) is 12.2. The lowest BCUT2D eigenvalue weighted by molar-refractivity contribution is -0.137. The van der Waals surface area contributed by atoms with Gasteiger partial charge in [0.15, 0.2) is 25.5 Å². The Morgan fingerprint density at radius 2 is 1.09 bits per heavy atom. The Hall–Kier alpha value is -3.92. The van der Waals surface area contributed by atoms with E-state index < -0.39 is 70.6 Å². The van der Waals surface area contributed by atoms with Gasteiger partial charge in [-0.15, -0.1) is 0 Å². The van der Waals surface area contributed by atoms with Crippen molar-refractivity contribution in [2.24, 2.45) is 5.92 Å². The lowest BCUT2D eigenvalue weighted by atomic mass is 9.99. The van der Waals surface area contributed by atoms with Crippen LogP contribution in [0.15, 0.2) is 82.6 Å². The zero-order valence-corrected chi connectivity index (χ0v) is 28.4. The second-order valence-electron chi connectivity index (χ2n) is 11.3. The van der Waals surface area contributed by atoms with E-state index in [0.717, 1.165) is 11.1 Å². The third-order valence-electron chi connectivity index (χ3n) is 7.32. The number of aryl methyl sites for hydroxylation is 2. The van der Waals surface area contributed by atoms with Gasteiger partial charge in [0, 0.05) is 30.6 Å². The van der Waals surface area contributed by atoms with E-state index in [1.165, 1.54) is 53.4 Å². The predicted octanol–water partition coefficient (Wildman–Crippen LogP) is 3.64. The molecule has 0 spiro atoms. The van der Waals surface area contributed by atoms with Crippen molar-refractivity contribution >= 4 is 47.5 Å². The van der Waals surface area contributed by atoms with Gasteiger partial charge in [-0.1, -0.05) is 47.5 Å². The van der Waals surface area contributed by atoms with Crippen LogP contribution >= 0.6 is 0 Å². The van der Waals surface area contributed by atoms with Gasteiger partial charge in [-0.3, -0.25) is 18.9 Å². The number of hydrogen-bond donors (Lipinski definition) is 2. The Kier molecular flexibility index (Phi) is 12.6. The molecule has 0 aliphatic heterocycles. The second-order valence-corrected chi connectivity index (χ2v) is 16.9. The topological polar surface area (TPSA) is 197 Å². The molecule has 0 radical (unpaired) electrons. The van der Waals surface area contributed by atoms with Crippen LogP contribution in [0.1, 0.15) is 51.1 Å². The highest BCUT2D eigenvalue weighted by Gasteiger charge is 2.33. The van der Waals surface area contributed by atoms with Crippen LogP contribution in [0.25, 0.3) is 0 Å². The van der Waals surface area contributed by atoms with Gasteiger partial charge < -0.3 is 10.0 Å². The molecule has 0 aliphatic rings. The van der Waals surface area contributed by atoms with Gasteiger partial charge in [-0.2, -0.15) is 8.42 Å². The molecule has 1 amide bonds. The summed E-state index contributed by atoms with van der Waals surface area (Å²) < 4.78 is 84.8. The lowest BCUT2D eigenvalue weighted by Crippen LogP contribution is -2.34. The molecule has 3 rings (SSSR count). The number of aliphatic carboxylic acids is 1. The molecule has 2 N–H and O–H groups in total. The van der Waals surface area contributed by atoms with Crippen LogP contribution in [0.4, 0.5) is 0 Å². The van der Waals surface area contributed by atoms with Crippen molar-refractivity contribution in [2.75, 3.05) is 30.3 Å². The largest absolute Gasteiger partial charge is 0.481 e. The SMILES string of the molecule is Cc1ccc(S(=O)(=O)CC(CS(=O)(=O)c2ccc(C)cc2)C(=O)c2ccc(C(=O)N(CCCC(=O)O)CCCS(=O)(=O)O)cc2)cc1. The first-order chi connectivity index (χ1) is 21.9. The molecule has 0 unspecified atom stereocenters. The van der Waals surface area contributed by atoms with Gasteiger partial charge in [0.2, 0.25) is 0 Å². The predicted molar refractivity (Wildman–Crippen MR) is 175 cm³/mol. The van der Waals surface area contributed by atoms with Crippen molar-refractivity contribution < 1.29 is 49.3 Å². The Morgan fingerprint density at radius 3 is 1.51 bits per heavy atom. The van der Waals surface area contributed by atoms with Crippen molar-refractivity contribution in [3.05, 3.63) is 95.1 Å². The minimum Gasteiger partial charge on any atom is -0.481 e. The Balaban J connectivity index is 1.91. The maximum atomic E-state index is 13.8. The molecular formula is C32H37NO11S3. The zero-order chi connectivity index (χ0) is 35.0. The molecule has 15 heteroatoms. The van der Waals surface area contributed by atoms with Crippen molar-refractivity contribution in [1.82, 2.24) is 4.90 Å². The van der Waals surface area contributed by atoms with E-state index in [9.17, 15) is 39.6 Å². The Morgan fingerprint density at radius 1 is 0.660 bits per heavy atom. The van der Waals surface area contributed by atoms with Crippen LogP contribution in [0.3, 0.4) is 0 Å². The van der Waals surface area contributed by atoms with Crippen molar-refractivity contribution in [2.45, 2.75) is 42.9 Å². The number of sulfone groups is 2. The molecule has 0 heterocycles. The summed E-state index contributed by atoms with van der Waals surface area (Å²) in [5.41, 5.74) is 1.66. The molecule has 3 aromatic carbocycles. The number of hydrogen-bond acceptors (Lipinski definition) is 9. The van der Waals surface area contributed by atoms with Gasteiger partial charge >= 0.3 is 5.97 Å². The summed E-state index contributed by atoms with van der Waals surface area (Å²) in [6.45, 7) is 3.43. The minimum atomic E-state index is -4.29. The van der Waals surface area contributed by atoms with Gasteiger partial charge in [0.1, 0.15) is 0 Å². The molecule has 0 bridgehead atoms. The van der Waals surface area contributed by atoms with Crippen LogP contribution in [0.2, 0.25) is 0 Å². The summed E-state index contributed by atoms with van der Waals surface area (Å²) >= 11 is 0. The number of carbonyl (C=O) groups excluding carboxylic acids is 2. The highest BCUT2D eigenvalue weighted by atomic mass is 32.2. The number of benzene rings is 3. The summed E-state index contributed by atoms with van der Waals surface area (Å²) in [7, 11) is -12.5. The highest BCUT2D eigenvalue weighted by molar-refractivity contribution is 7.92. The average molecular weight is 708 g/mol. The molecule has 0 fully saturated rings. The van der Waals surface area contributed by atoms with E-state index in [4.69, 9.17) is 9.66 Å². The fourth-order valence-electron chi connectivity index (χ4n) is 4.78. The van der Waals surface area contributed by atoms with E-state index in [0.29, 0.717) is 0 Å². The quantitative estimate of drug-likeness (QED) is 0.153. The van der Waals surface area contributed by atoms with E-state index in [-0.39, 0.29) is 53.3 Å². The first-order valence-electron chi connectivity index (χ1n) is 14.6. The van der Waals surface area contributed by atoms with Crippen LogP contribution in [-0.2, 0) is 34.6 Å². The number of carboxylic acids is 1. The average Bonchev–Trinajstić information content (AvgIpc) is 2.99. The molecule has 0 atom stereocenters. The van der Waals surface area contributed by atoms with E-state index in [1.807, 2.05) is 0 Å². The van der Waals surface area contributed by atoms with Gasteiger partial charge in [0.25, 0.3) is 16.0 Å². The number of rotatable bonds is 17. The maximum absolute atomic E-state index is 13.8. The lowest BCUT2D eigenvalue weighted by Gasteiger charge is -2.22. The molecule has 12 nitrogen and oxygen atoms in total. The Bertz CT molecular complexity index is 1830. The van der Waals surface area contributed by atoms with Gasteiger partial charge in [0.05, 0.1) is 33.0 Å². The minimum absolute atomic E-state index is 0.0207. The number of carbonyl (C=O) groups is 3. The van der Waals surface area contributed by atoms with Crippen LogP contribution < -0.4 is 0 Å². The number of carboxylic acid groups (broad SMARTS) is 1. The fraction of sp³-hybridized carbons (Fsp3) is 0.344. The summed E-state index contributed by atoms with van der Waals surface area (Å²) in [5, 5.41) is 8.96. The highest BCUT2D eigenvalue weighted by Crippen LogP contribution is 2.23. The summed E-state index contributed by atoms with van der Waals surface area (Å²) in [6, 6.07) is 17.1. The van der Waals surface area contributed by atoms with Crippen LogP contribution in [0.5, 0.6) is 0 Å². The van der Waals surface area contributed by atoms with Crippen LogP contribution in [0, 0.1) is 19.8 Å². The monoisotopic (exact) mass is 707 g/mol. The fourth-order valence-corrected chi connectivity index (χ4v) is 8.51. The molecule has 0 aliphatic carbocycles. The summed E-state index contributed by atoms with van der Waals surface area (Å²) in [5.74, 6) is -6.12. The standard InChI is InChI=1S/C32H37NO11S3/c1-23-6-14-28(15-7-23)45(38,39)21-27(22-46(40,41)29-16-8-24(2)9-17-29)31(36)25-10-12-26(13-11-25)32(37)33(18-3-5-30(34)35)19-4-20-47(42,43)44/h6-17,27H,3-5,18-22H2,1-2H3,(H,34,35)(H,42,43,44). The van der Waals surface area contributed by atoms with Crippen molar-refractivity contribution in [1.29, 1.82) is 0 Å². The van der Waals surface area contributed by atoms with Crippen molar-refractivity contribution in [3.63, 3.8) is 0 Å². The summed E-state index contributed by atoms with van der Waals surface area (Å²) in [6.07, 6.45) is -0.273. The molecule has 0 aromatic heterocycles. The molecular weight excluding hydrogens is 671 g/mol. The Labute approximate surface area is 275 Å². The van der Waals surface area contributed by atoms with Gasteiger partial charge in [-0.25, -0.2) is 16.8 Å². The van der Waals surface area contributed by atoms with Crippen LogP contribution in [-0.4, -0.2) is 87.8 Å².